The first-order valence-corrected chi connectivity index (χ1v) is 10.9. The maximum absolute atomic E-state index is 13.0. The Kier molecular flexibility index (Phi) is 4.65. The minimum Gasteiger partial charge on any atom is -0.481 e. The number of hydrogen-bond donors (Lipinski definition) is 2. The molecule has 1 aromatic rings. The fourth-order valence-electron chi connectivity index (χ4n) is 2.95. The van der Waals surface area contributed by atoms with Crippen LogP contribution in [0.1, 0.15) is 19.8 Å². The number of carbonyl (C=O) groups is 1. The predicted octanol–water partition coefficient (Wildman–Crippen LogP) is 0.469. The van der Waals surface area contributed by atoms with Gasteiger partial charge in [0.2, 0.25) is 20.0 Å². The van der Waals surface area contributed by atoms with Crippen LogP contribution in [-0.4, -0.2) is 51.3 Å². The van der Waals surface area contributed by atoms with Gasteiger partial charge in [0.15, 0.2) is 0 Å². The zero-order valence-corrected chi connectivity index (χ0v) is 15.3. The van der Waals surface area contributed by atoms with Gasteiger partial charge >= 0.3 is 5.97 Å². The zero-order chi connectivity index (χ0) is 18.4. The molecule has 25 heavy (non-hydrogen) atoms. The summed E-state index contributed by atoms with van der Waals surface area (Å²) in [4.78, 5) is 10.6. The average Bonchev–Trinajstić information content (AvgIpc) is 3.24. The Balaban J connectivity index is 1.97. The summed E-state index contributed by atoms with van der Waals surface area (Å²) in [6.07, 6.45) is 1.47. The van der Waals surface area contributed by atoms with E-state index in [0.29, 0.717) is 0 Å². The number of rotatable bonds is 6. The Bertz CT molecular complexity index is 892. The molecular formula is C15H20N2O6S2. The summed E-state index contributed by atoms with van der Waals surface area (Å²) >= 11 is 0. The molecule has 1 aromatic carbocycles. The van der Waals surface area contributed by atoms with Crippen molar-refractivity contribution < 1.29 is 26.7 Å². The van der Waals surface area contributed by atoms with Crippen LogP contribution < -0.4 is 4.72 Å². The lowest BCUT2D eigenvalue weighted by Gasteiger charge is -2.18. The highest BCUT2D eigenvalue weighted by Crippen LogP contribution is 2.32. The summed E-state index contributed by atoms with van der Waals surface area (Å²) in [7, 11) is -8.07. The van der Waals surface area contributed by atoms with E-state index in [2.05, 4.69) is 4.72 Å². The van der Waals surface area contributed by atoms with E-state index in [4.69, 9.17) is 0 Å². The van der Waals surface area contributed by atoms with Crippen molar-refractivity contribution in [1.29, 1.82) is 0 Å². The Morgan fingerprint density at radius 1 is 1.12 bits per heavy atom. The van der Waals surface area contributed by atoms with Crippen molar-refractivity contribution in [2.75, 3.05) is 13.1 Å². The number of nitrogens with one attached hydrogen (secondary N) is 1. The zero-order valence-electron chi connectivity index (χ0n) is 13.6. The normalized spacial score (nSPS) is 25.2. The first kappa shape index (κ1) is 18.3. The standard InChI is InChI=1S/C15H20N2O6S2/c1-10-8-17(9-12(10)15(18)19)25(22,23)14-5-3-2-4-13(14)24(20,21)16-11-6-7-11/h2-5,10-12,16H,6-9H2,1H3,(H,18,19)/t10-,12-/m1/s1. The van der Waals surface area contributed by atoms with Crippen molar-refractivity contribution in [3.05, 3.63) is 24.3 Å². The predicted molar refractivity (Wildman–Crippen MR) is 88.8 cm³/mol. The second-order valence-corrected chi connectivity index (χ2v) is 10.2. The van der Waals surface area contributed by atoms with E-state index in [0.717, 1.165) is 17.1 Å². The van der Waals surface area contributed by atoms with Gasteiger partial charge in [-0.05, 0) is 30.9 Å². The van der Waals surface area contributed by atoms with Crippen LogP contribution >= 0.6 is 0 Å². The molecule has 3 rings (SSSR count). The summed E-state index contributed by atoms with van der Waals surface area (Å²) in [5.74, 6) is -2.20. The lowest BCUT2D eigenvalue weighted by atomic mass is 9.99. The fourth-order valence-corrected chi connectivity index (χ4v) is 6.62. The smallest absolute Gasteiger partial charge is 0.308 e. The summed E-state index contributed by atoms with van der Waals surface area (Å²) in [5, 5.41) is 9.20. The van der Waals surface area contributed by atoms with Gasteiger partial charge in [0.25, 0.3) is 0 Å². The topological polar surface area (TPSA) is 121 Å². The first-order valence-electron chi connectivity index (χ1n) is 7.97. The van der Waals surface area contributed by atoms with E-state index in [-0.39, 0.29) is 34.8 Å². The highest BCUT2D eigenvalue weighted by atomic mass is 32.2. The molecule has 138 valence electrons. The number of benzene rings is 1. The molecule has 2 fully saturated rings. The molecule has 8 nitrogen and oxygen atoms in total. The lowest BCUT2D eigenvalue weighted by molar-refractivity contribution is -0.142. The van der Waals surface area contributed by atoms with Gasteiger partial charge in [-0.2, -0.15) is 4.31 Å². The maximum atomic E-state index is 13.0. The Hall–Kier alpha value is -1.49. The number of nitrogens with zero attached hydrogens (tertiary/aromatic N) is 1. The number of aliphatic carboxylic acids is 1. The van der Waals surface area contributed by atoms with Crippen molar-refractivity contribution in [1.82, 2.24) is 9.03 Å². The molecule has 1 aliphatic carbocycles. The monoisotopic (exact) mass is 388 g/mol. The van der Waals surface area contributed by atoms with Gasteiger partial charge in [0.05, 0.1) is 5.92 Å². The van der Waals surface area contributed by atoms with Crippen LogP contribution in [-0.2, 0) is 24.8 Å². The van der Waals surface area contributed by atoms with Crippen molar-refractivity contribution in [2.45, 2.75) is 35.6 Å². The minimum atomic E-state index is -4.12. The van der Waals surface area contributed by atoms with Crippen molar-refractivity contribution in [3.63, 3.8) is 0 Å². The summed E-state index contributed by atoms with van der Waals surface area (Å²) in [5.41, 5.74) is 0. The second-order valence-electron chi connectivity index (χ2n) is 6.59. The van der Waals surface area contributed by atoms with E-state index >= 15 is 0 Å². The average molecular weight is 388 g/mol. The van der Waals surface area contributed by atoms with E-state index in [1.165, 1.54) is 24.3 Å². The Morgan fingerprint density at radius 3 is 2.24 bits per heavy atom. The highest BCUT2D eigenvalue weighted by Gasteiger charge is 2.42. The van der Waals surface area contributed by atoms with Crippen LogP contribution in [0.25, 0.3) is 0 Å². The molecule has 2 N–H and O–H groups in total. The SMILES string of the molecule is C[C@@H]1CN(S(=O)(=O)c2ccccc2S(=O)(=O)NC2CC2)C[C@H]1C(=O)O. The molecular weight excluding hydrogens is 368 g/mol. The van der Waals surface area contributed by atoms with Crippen LogP contribution in [0.3, 0.4) is 0 Å². The van der Waals surface area contributed by atoms with Gasteiger partial charge in [-0.1, -0.05) is 19.1 Å². The van der Waals surface area contributed by atoms with Crippen LogP contribution in [0.5, 0.6) is 0 Å². The molecule has 1 aliphatic heterocycles. The second kappa shape index (κ2) is 6.35. The molecule has 0 amide bonds. The van der Waals surface area contributed by atoms with Gasteiger partial charge in [-0.25, -0.2) is 21.6 Å². The molecule has 2 aliphatic rings. The van der Waals surface area contributed by atoms with Crippen LogP contribution in [0, 0.1) is 11.8 Å². The fraction of sp³-hybridized carbons (Fsp3) is 0.533. The third-order valence-corrected chi connectivity index (χ3v) is 8.15. The van der Waals surface area contributed by atoms with Crippen LogP contribution in [0.15, 0.2) is 34.1 Å². The number of carboxylic acid groups (broad SMARTS) is 1. The van der Waals surface area contributed by atoms with Gasteiger partial charge in [0.1, 0.15) is 9.79 Å². The third kappa shape index (κ3) is 3.57. The van der Waals surface area contributed by atoms with Crippen LogP contribution in [0.2, 0.25) is 0 Å². The molecule has 1 heterocycles. The molecule has 1 saturated carbocycles. The van der Waals surface area contributed by atoms with E-state index < -0.39 is 31.9 Å². The quantitative estimate of drug-likeness (QED) is 0.731. The van der Waals surface area contributed by atoms with E-state index in [9.17, 15) is 26.7 Å². The summed E-state index contributed by atoms with van der Waals surface area (Å²) < 4.78 is 54.5. The molecule has 0 bridgehead atoms. The third-order valence-electron chi connectivity index (χ3n) is 4.55. The Morgan fingerprint density at radius 2 is 1.72 bits per heavy atom. The minimum absolute atomic E-state index is 0.0454. The van der Waals surface area contributed by atoms with Crippen LogP contribution in [0.4, 0.5) is 0 Å². The number of hydrogen-bond acceptors (Lipinski definition) is 5. The molecule has 0 unspecified atom stereocenters. The van der Waals surface area contributed by atoms with E-state index in [1.54, 1.807) is 6.92 Å². The van der Waals surface area contributed by atoms with Crippen molar-refractivity contribution >= 4 is 26.0 Å². The van der Waals surface area contributed by atoms with Crippen molar-refractivity contribution in [2.24, 2.45) is 11.8 Å². The lowest BCUT2D eigenvalue weighted by Crippen LogP contribution is -2.33. The molecule has 1 saturated heterocycles. The maximum Gasteiger partial charge on any atom is 0.308 e. The largest absolute Gasteiger partial charge is 0.481 e. The van der Waals surface area contributed by atoms with Crippen molar-refractivity contribution in [3.8, 4) is 0 Å². The van der Waals surface area contributed by atoms with Gasteiger partial charge < -0.3 is 5.11 Å². The van der Waals surface area contributed by atoms with Gasteiger partial charge in [-0.15, -0.1) is 0 Å². The molecule has 0 radical (unpaired) electrons. The summed E-state index contributed by atoms with van der Waals surface area (Å²) in [6, 6.07) is 5.27. The first-order chi connectivity index (χ1) is 11.6. The molecule has 10 heteroatoms. The number of carboxylic acids is 1. The summed E-state index contributed by atoms with van der Waals surface area (Å²) in [6.45, 7) is 1.55. The van der Waals surface area contributed by atoms with E-state index in [1.807, 2.05) is 0 Å². The molecule has 0 spiro atoms. The highest BCUT2D eigenvalue weighted by molar-refractivity contribution is 7.92. The Labute approximate surface area is 146 Å². The van der Waals surface area contributed by atoms with Gasteiger partial charge in [0, 0.05) is 19.1 Å². The molecule has 2 atom stereocenters. The molecule has 0 aromatic heterocycles. The van der Waals surface area contributed by atoms with Gasteiger partial charge in [-0.3, -0.25) is 4.79 Å². The number of sulfonamides is 2.